The van der Waals surface area contributed by atoms with Crippen molar-refractivity contribution in [3.05, 3.63) is 18.2 Å². The maximum atomic E-state index is 9.37. The Hall–Kier alpha value is -1.16. The second-order valence-corrected chi connectivity index (χ2v) is 2.82. The maximum Gasteiger partial charge on any atom is 0.159 e. The van der Waals surface area contributed by atoms with Gasteiger partial charge in [-0.1, -0.05) is 0 Å². The third kappa shape index (κ3) is 1.88. The Kier molecular flexibility index (Phi) is 1.78. The summed E-state index contributed by atoms with van der Waals surface area (Å²) in [6.07, 6.45) is 2.50. The number of hydrogen-bond acceptors (Lipinski definition) is 4. The summed E-state index contributed by atoms with van der Waals surface area (Å²) in [5, 5.41) is 18.2. The summed E-state index contributed by atoms with van der Waals surface area (Å²) in [6.45, 7) is 3.17. The van der Waals surface area contributed by atoms with E-state index in [1.165, 1.54) is 12.4 Å². The first-order valence-electron chi connectivity index (χ1n) is 3.24. The van der Waals surface area contributed by atoms with Gasteiger partial charge in [-0.25, -0.2) is 9.97 Å². The average molecular weight is 154 g/mol. The Bertz CT molecular complexity index is 238. The molecular weight excluding hydrogens is 144 g/mol. The summed E-state index contributed by atoms with van der Waals surface area (Å²) in [5.41, 5.74) is -1.05. The molecule has 0 aromatic carbocycles. The van der Waals surface area contributed by atoms with Crippen LogP contribution in [0.3, 0.4) is 0 Å². The third-order valence-corrected chi connectivity index (χ3v) is 1.19. The molecule has 4 nitrogen and oxygen atoms in total. The van der Waals surface area contributed by atoms with E-state index in [0.717, 1.165) is 0 Å². The van der Waals surface area contributed by atoms with Crippen molar-refractivity contribution in [1.29, 1.82) is 0 Å². The van der Waals surface area contributed by atoms with E-state index in [9.17, 15) is 5.11 Å². The molecule has 0 amide bonds. The predicted molar refractivity (Wildman–Crippen MR) is 38.9 cm³/mol. The molecule has 60 valence electrons. The molecule has 1 heterocycles. The minimum atomic E-state index is -1.05. The topological polar surface area (TPSA) is 66.2 Å². The lowest BCUT2D eigenvalue weighted by Crippen LogP contribution is -2.18. The molecule has 11 heavy (non-hydrogen) atoms. The Balaban J connectivity index is 2.99. The van der Waals surface area contributed by atoms with E-state index < -0.39 is 5.60 Å². The van der Waals surface area contributed by atoms with Crippen molar-refractivity contribution in [3.8, 4) is 5.75 Å². The van der Waals surface area contributed by atoms with E-state index in [4.69, 9.17) is 5.11 Å². The highest BCUT2D eigenvalue weighted by molar-refractivity contribution is 5.11. The van der Waals surface area contributed by atoms with Crippen molar-refractivity contribution in [2.75, 3.05) is 0 Å². The molecule has 1 aromatic rings. The molecule has 0 aliphatic rings. The van der Waals surface area contributed by atoms with Gasteiger partial charge in [0.2, 0.25) is 0 Å². The molecule has 0 radical (unpaired) electrons. The number of aromatic hydroxyl groups is 1. The van der Waals surface area contributed by atoms with Crippen LogP contribution < -0.4 is 0 Å². The van der Waals surface area contributed by atoms with E-state index in [1.807, 2.05) is 0 Å². The normalized spacial score (nSPS) is 11.5. The first-order valence-corrected chi connectivity index (χ1v) is 3.24. The van der Waals surface area contributed by atoms with Crippen molar-refractivity contribution < 1.29 is 10.2 Å². The average Bonchev–Trinajstić information content (AvgIpc) is 1.86. The largest absolute Gasteiger partial charge is 0.505 e. The van der Waals surface area contributed by atoms with Gasteiger partial charge in [0.1, 0.15) is 5.60 Å². The van der Waals surface area contributed by atoms with Gasteiger partial charge < -0.3 is 10.2 Å². The minimum Gasteiger partial charge on any atom is -0.505 e. The van der Waals surface area contributed by atoms with Gasteiger partial charge in [-0.15, -0.1) is 0 Å². The van der Waals surface area contributed by atoms with Crippen molar-refractivity contribution in [1.82, 2.24) is 9.97 Å². The molecule has 0 unspecified atom stereocenters. The Morgan fingerprint density at radius 2 is 1.73 bits per heavy atom. The predicted octanol–water partition coefficient (Wildman–Crippen LogP) is 0.410. The van der Waals surface area contributed by atoms with Crippen molar-refractivity contribution in [2.45, 2.75) is 19.4 Å². The molecule has 0 aliphatic heterocycles. The lowest BCUT2D eigenvalue weighted by atomic mass is 10.1. The van der Waals surface area contributed by atoms with E-state index in [0.29, 0.717) is 5.82 Å². The van der Waals surface area contributed by atoms with Crippen LogP contribution in [0.5, 0.6) is 5.75 Å². The summed E-state index contributed by atoms with van der Waals surface area (Å²) >= 11 is 0. The van der Waals surface area contributed by atoms with Crippen LogP contribution >= 0.6 is 0 Å². The Morgan fingerprint density at radius 3 is 2.09 bits per heavy atom. The number of rotatable bonds is 1. The molecule has 0 spiro atoms. The molecule has 1 aromatic heterocycles. The van der Waals surface area contributed by atoms with E-state index >= 15 is 0 Å². The van der Waals surface area contributed by atoms with Crippen LogP contribution in [0.2, 0.25) is 0 Å². The summed E-state index contributed by atoms with van der Waals surface area (Å²) in [4.78, 5) is 7.48. The lowest BCUT2D eigenvalue weighted by Gasteiger charge is -2.13. The molecule has 2 N–H and O–H groups in total. The first kappa shape index (κ1) is 7.94. The standard InChI is InChI=1S/C7H10N2O2/c1-7(2,11)6-8-3-5(10)4-9-6/h3-4,10-11H,1-2H3. The van der Waals surface area contributed by atoms with Gasteiger partial charge in [0.25, 0.3) is 0 Å². The molecule has 0 bridgehead atoms. The van der Waals surface area contributed by atoms with E-state index in [1.54, 1.807) is 13.8 Å². The molecule has 0 aliphatic carbocycles. The third-order valence-electron chi connectivity index (χ3n) is 1.19. The van der Waals surface area contributed by atoms with E-state index in [2.05, 4.69) is 9.97 Å². The van der Waals surface area contributed by atoms with Crippen molar-refractivity contribution in [3.63, 3.8) is 0 Å². The van der Waals surface area contributed by atoms with Gasteiger partial charge in [0, 0.05) is 0 Å². The van der Waals surface area contributed by atoms with Crippen LogP contribution in [0.25, 0.3) is 0 Å². The quantitative estimate of drug-likeness (QED) is 0.614. The number of hydrogen-bond donors (Lipinski definition) is 2. The number of nitrogens with zero attached hydrogens (tertiary/aromatic N) is 2. The van der Waals surface area contributed by atoms with Gasteiger partial charge in [0.05, 0.1) is 12.4 Å². The molecule has 0 fully saturated rings. The monoisotopic (exact) mass is 154 g/mol. The Labute approximate surface area is 64.6 Å². The summed E-state index contributed by atoms with van der Waals surface area (Å²) in [5.74, 6) is 0.299. The minimum absolute atomic E-state index is 0.00185. The van der Waals surface area contributed by atoms with E-state index in [-0.39, 0.29) is 5.75 Å². The number of aliphatic hydroxyl groups is 1. The zero-order chi connectivity index (χ0) is 8.48. The summed E-state index contributed by atoms with van der Waals surface area (Å²) in [6, 6.07) is 0. The molecule has 0 saturated carbocycles. The van der Waals surface area contributed by atoms with Crippen LogP contribution in [-0.2, 0) is 5.60 Å². The first-order chi connectivity index (χ1) is 5.00. The van der Waals surface area contributed by atoms with Crippen LogP contribution in [0, 0.1) is 0 Å². The fraction of sp³-hybridized carbons (Fsp3) is 0.429. The van der Waals surface area contributed by atoms with Crippen molar-refractivity contribution >= 4 is 0 Å². The summed E-state index contributed by atoms with van der Waals surface area (Å²) < 4.78 is 0. The maximum absolute atomic E-state index is 9.37. The zero-order valence-corrected chi connectivity index (χ0v) is 6.44. The van der Waals surface area contributed by atoms with Gasteiger partial charge in [-0.05, 0) is 13.8 Å². The van der Waals surface area contributed by atoms with Crippen LogP contribution in [-0.4, -0.2) is 20.2 Å². The molecule has 1 rings (SSSR count). The highest BCUT2D eigenvalue weighted by atomic mass is 16.3. The number of aromatic nitrogens is 2. The molecule has 4 heteroatoms. The van der Waals surface area contributed by atoms with Gasteiger partial charge >= 0.3 is 0 Å². The fourth-order valence-electron chi connectivity index (χ4n) is 0.637. The smallest absolute Gasteiger partial charge is 0.159 e. The zero-order valence-electron chi connectivity index (χ0n) is 6.44. The highest BCUT2D eigenvalue weighted by Crippen LogP contribution is 2.15. The van der Waals surface area contributed by atoms with Crippen LogP contribution in [0.1, 0.15) is 19.7 Å². The van der Waals surface area contributed by atoms with Gasteiger partial charge in [-0.3, -0.25) is 0 Å². The molecule has 0 saturated heterocycles. The fourth-order valence-corrected chi connectivity index (χ4v) is 0.637. The van der Waals surface area contributed by atoms with Crippen LogP contribution in [0.4, 0.5) is 0 Å². The van der Waals surface area contributed by atoms with Gasteiger partial charge in [0.15, 0.2) is 11.6 Å². The van der Waals surface area contributed by atoms with Crippen LogP contribution in [0.15, 0.2) is 12.4 Å². The van der Waals surface area contributed by atoms with Gasteiger partial charge in [-0.2, -0.15) is 0 Å². The second-order valence-electron chi connectivity index (χ2n) is 2.82. The second kappa shape index (κ2) is 2.47. The van der Waals surface area contributed by atoms with Crippen molar-refractivity contribution in [2.24, 2.45) is 0 Å². The summed E-state index contributed by atoms with van der Waals surface area (Å²) in [7, 11) is 0. The lowest BCUT2D eigenvalue weighted by molar-refractivity contribution is 0.0685. The highest BCUT2D eigenvalue weighted by Gasteiger charge is 2.18. The SMILES string of the molecule is CC(C)(O)c1ncc(O)cn1. The molecular formula is C7H10N2O2. The molecule has 0 atom stereocenters. The Morgan fingerprint density at radius 1 is 1.27 bits per heavy atom.